The number of likely N-dealkylation sites (N-methyl/N-ethyl adjacent to an activating group) is 1. The smallest absolute Gasteiger partial charge is 0.145 e. The second-order valence-electron chi connectivity index (χ2n) is 5.83. The van der Waals surface area contributed by atoms with E-state index in [-0.39, 0.29) is 5.41 Å². The first-order chi connectivity index (χ1) is 8.31. The number of anilines is 1. The third kappa shape index (κ3) is 3.16. The quantitative estimate of drug-likeness (QED) is 0.893. The lowest BCUT2D eigenvalue weighted by molar-refractivity contribution is 0.397. The van der Waals surface area contributed by atoms with Crippen molar-refractivity contribution in [1.29, 1.82) is 0 Å². The van der Waals surface area contributed by atoms with E-state index in [0.717, 1.165) is 18.0 Å². The molecule has 1 rings (SSSR count). The van der Waals surface area contributed by atoms with Gasteiger partial charge in [0.15, 0.2) is 0 Å². The summed E-state index contributed by atoms with van der Waals surface area (Å²) < 4.78 is 5.64. The van der Waals surface area contributed by atoms with Crippen LogP contribution in [0.2, 0.25) is 0 Å². The number of rotatable bonds is 4. The van der Waals surface area contributed by atoms with Crippen LogP contribution in [0.4, 0.5) is 5.69 Å². The monoisotopic (exact) mass is 250 g/mol. The molecular weight excluding hydrogens is 224 g/mol. The molecule has 0 saturated carbocycles. The number of nitrogens with two attached hydrogens (primary N) is 1. The highest BCUT2D eigenvalue weighted by Gasteiger charge is 2.22. The fraction of sp³-hybridized carbons (Fsp3) is 0.600. The highest BCUT2D eigenvalue weighted by Crippen LogP contribution is 2.39. The van der Waals surface area contributed by atoms with Gasteiger partial charge in [0.2, 0.25) is 0 Å². The Hall–Kier alpha value is -1.22. The molecule has 0 saturated heterocycles. The number of methoxy groups -OCH3 is 1. The van der Waals surface area contributed by atoms with Crippen LogP contribution in [0.15, 0.2) is 12.1 Å². The van der Waals surface area contributed by atoms with E-state index in [1.807, 2.05) is 0 Å². The third-order valence-electron chi connectivity index (χ3n) is 3.10. The predicted molar refractivity (Wildman–Crippen MR) is 78.8 cm³/mol. The van der Waals surface area contributed by atoms with E-state index in [0.29, 0.717) is 6.54 Å². The number of hydrogen-bond acceptors (Lipinski definition) is 3. The molecule has 0 unspecified atom stereocenters. The lowest BCUT2D eigenvalue weighted by atomic mass is 9.85. The van der Waals surface area contributed by atoms with Crippen molar-refractivity contribution in [1.82, 2.24) is 0 Å². The minimum absolute atomic E-state index is 0.0651. The van der Waals surface area contributed by atoms with Crippen molar-refractivity contribution in [3.05, 3.63) is 23.3 Å². The lowest BCUT2D eigenvalue weighted by Crippen LogP contribution is -2.26. The van der Waals surface area contributed by atoms with Crippen LogP contribution in [0.1, 0.15) is 31.9 Å². The Morgan fingerprint density at radius 1 is 1.28 bits per heavy atom. The molecule has 102 valence electrons. The van der Waals surface area contributed by atoms with Gasteiger partial charge in [-0.05, 0) is 24.0 Å². The zero-order valence-corrected chi connectivity index (χ0v) is 12.5. The summed E-state index contributed by atoms with van der Waals surface area (Å²) in [5.41, 5.74) is 9.31. The summed E-state index contributed by atoms with van der Waals surface area (Å²) in [7, 11) is 3.79. The first kappa shape index (κ1) is 14.8. The highest BCUT2D eigenvalue weighted by atomic mass is 16.5. The average Bonchev–Trinajstić information content (AvgIpc) is 2.27. The van der Waals surface area contributed by atoms with E-state index in [1.165, 1.54) is 11.1 Å². The van der Waals surface area contributed by atoms with Gasteiger partial charge in [0, 0.05) is 25.7 Å². The van der Waals surface area contributed by atoms with Gasteiger partial charge in [-0.2, -0.15) is 0 Å². The molecular formula is C15H26N2O. The Morgan fingerprint density at radius 2 is 1.89 bits per heavy atom. The summed E-state index contributed by atoms with van der Waals surface area (Å²) in [4.78, 5) is 2.15. The fourth-order valence-electron chi connectivity index (χ4n) is 2.12. The van der Waals surface area contributed by atoms with Gasteiger partial charge in [-0.1, -0.05) is 26.8 Å². The first-order valence-corrected chi connectivity index (χ1v) is 6.41. The summed E-state index contributed by atoms with van der Waals surface area (Å²) in [6.07, 6.45) is 0. The maximum absolute atomic E-state index is 5.64. The summed E-state index contributed by atoms with van der Waals surface area (Å²) >= 11 is 0. The van der Waals surface area contributed by atoms with Crippen LogP contribution in [0, 0.1) is 6.92 Å². The topological polar surface area (TPSA) is 38.5 Å². The molecule has 0 bridgehead atoms. The van der Waals surface area contributed by atoms with E-state index in [9.17, 15) is 0 Å². The van der Waals surface area contributed by atoms with Crippen LogP contribution in [-0.2, 0) is 5.41 Å². The molecule has 0 fully saturated rings. The fourth-order valence-corrected chi connectivity index (χ4v) is 2.12. The number of aryl methyl sites for hydroxylation is 1. The van der Waals surface area contributed by atoms with Crippen LogP contribution in [-0.4, -0.2) is 27.2 Å². The van der Waals surface area contributed by atoms with Crippen molar-refractivity contribution in [2.45, 2.75) is 33.1 Å². The molecule has 0 atom stereocenters. The van der Waals surface area contributed by atoms with E-state index in [4.69, 9.17) is 10.5 Å². The minimum Gasteiger partial charge on any atom is -0.494 e. The van der Waals surface area contributed by atoms with Gasteiger partial charge in [-0.3, -0.25) is 0 Å². The lowest BCUT2D eigenvalue weighted by Gasteiger charge is -2.28. The van der Waals surface area contributed by atoms with Crippen LogP contribution in [0.3, 0.4) is 0 Å². The third-order valence-corrected chi connectivity index (χ3v) is 3.10. The molecule has 0 radical (unpaired) electrons. The van der Waals surface area contributed by atoms with Gasteiger partial charge in [0.1, 0.15) is 5.75 Å². The molecule has 0 aromatic heterocycles. The van der Waals surface area contributed by atoms with Gasteiger partial charge >= 0.3 is 0 Å². The summed E-state index contributed by atoms with van der Waals surface area (Å²) in [6.45, 7) is 10.2. The molecule has 0 spiro atoms. The zero-order chi connectivity index (χ0) is 13.9. The first-order valence-electron chi connectivity index (χ1n) is 6.41. The second-order valence-corrected chi connectivity index (χ2v) is 5.83. The molecule has 0 amide bonds. The summed E-state index contributed by atoms with van der Waals surface area (Å²) in [5.74, 6) is 0.962. The number of hydrogen-bond donors (Lipinski definition) is 1. The number of nitrogens with zero attached hydrogens (tertiary/aromatic N) is 1. The van der Waals surface area contributed by atoms with Gasteiger partial charge < -0.3 is 15.4 Å². The Labute approximate surface area is 111 Å². The standard InChI is InChI=1S/C15H26N2O/c1-11-9-12(15(2,3)4)14(18-6)13(10-11)17(5)8-7-16/h9-10H,7-8,16H2,1-6H3. The SMILES string of the molecule is COc1c(N(C)CCN)cc(C)cc1C(C)(C)C. The van der Waals surface area contributed by atoms with Crippen molar-refractivity contribution in [3.8, 4) is 5.75 Å². The number of benzene rings is 1. The van der Waals surface area contributed by atoms with Crippen LogP contribution in [0.5, 0.6) is 5.75 Å². The van der Waals surface area contributed by atoms with E-state index < -0.39 is 0 Å². The van der Waals surface area contributed by atoms with Crippen molar-refractivity contribution in [3.63, 3.8) is 0 Å². The molecule has 2 N–H and O–H groups in total. The van der Waals surface area contributed by atoms with Crippen molar-refractivity contribution in [2.24, 2.45) is 5.73 Å². The largest absolute Gasteiger partial charge is 0.494 e. The van der Waals surface area contributed by atoms with Crippen molar-refractivity contribution < 1.29 is 4.74 Å². The average molecular weight is 250 g/mol. The van der Waals surface area contributed by atoms with Crippen molar-refractivity contribution in [2.75, 3.05) is 32.1 Å². The van der Waals surface area contributed by atoms with Gasteiger partial charge in [-0.25, -0.2) is 0 Å². The highest BCUT2D eigenvalue weighted by molar-refractivity contribution is 5.64. The van der Waals surface area contributed by atoms with Crippen LogP contribution >= 0.6 is 0 Å². The molecule has 18 heavy (non-hydrogen) atoms. The molecule has 0 heterocycles. The normalized spacial score (nSPS) is 11.5. The molecule has 3 heteroatoms. The van der Waals surface area contributed by atoms with Gasteiger partial charge in [-0.15, -0.1) is 0 Å². The van der Waals surface area contributed by atoms with E-state index in [2.05, 4.69) is 51.8 Å². The van der Waals surface area contributed by atoms with Crippen LogP contribution < -0.4 is 15.4 Å². The molecule has 0 aliphatic carbocycles. The van der Waals surface area contributed by atoms with Gasteiger partial charge in [0.25, 0.3) is 0 Å². The molecule has 1 aromatic carbocycles. The molecule has 0 aliphatic heterocycles. The second kappa shape index (κ2) is 5.61. The predicted octanol–water partition coefficient (Wildman–Crippen LogP) is 2.70. The number of ether oxygens (including phenoxy) is 1. The van der Waals surface area contributed by atoms with Gasteiger partial charge in [0.05, 0.1) is 12.8 Å². The minimum atomic E-state index is 0.0651. The van der Waals surface area contributed by atoms with E-state index >= 15 is 0 Å². The molecule has 1 aromatic rings. The van der Waals surface area contributed by atoms with E-state index in [1.54, 1.807) is 7.11 Å². The molecule has 0 aliphatic rings. The Bertz CT molecular complexity index is 408. The maximum atomic E-state index is 5.64. The summed E-state index contributed by atoms with van der Waals surface area (Å²) in [6, 6.07) is 4.36. The zero-order valence-electron chi connectivity index (χ0n) is 12.5. The molecule has 3 nitrogen and oxygen atoms in total. The summed E-state index contributed by atoms with van der Waals surface area (Å²) in [5, 5.41) is 0. The Kier molecular flexibility index (Phi) is 4.63. The Balaban J connectivity index is 3.38. The Morgan fingerprint density at radius 3 is 2.33 bits per heavy atom. The van der Waals surface area contributed by atoms with Crippen LogP contribution in [0.25, 0.3) is 0 Å². The van der Waals surface area contributed by atoms with Crippen molar-refractivity contribution >= 4 is 5.69 Å². The maximum Gasteiger partial charge on any atom is 0.145 e.